The van der Waals surface area contributed by atoms with Gasteiger partial charge in [0.05, 0.1) is 50.1 Å². The molecule has 0 radical (unpaired) electrons. The van der Waals surface area contributed by atoms with Crippen molar-refractivity contribution in [3.05, 3.63) is 64.6 Å². The van der Waals surface area contributed by atoms with Crippen LogP contribution in [0.1, 0.15) is 25.8 Å². The van der Waals surface area contributed by atoms with Crippen LogP contribution in [0.15, 0.2) is 59.1 Å². The van der Waals surface area contributed by atoms with Gasteiger partial charge in [0.2, 0.25) is 11.8 Å². The zero-order valence-corrected chi connectivity index (χ0v) is 24.9. The normalized spacial score (nSPS) is 17.8. The molecule has 2 N–H and O–H groups in total. The Balaban J connectivity index is 1.90. The molecule has 0 spiro atoms. The summed E-state index contributed by atoms with van der Waals surface area (Å²) in [6.07, 6.45) is 0.127. The van der Waals surface area contributed by atoms with Gasteiger partial charge in [0.15, 0.2) is 0 Å². The summed E-state index contributed by atoms with van der Waals surface area (Å²) in [5.74, 6) is -0.239. The molecule has 0 fully saturated rings. The largest absolute Gasteiger partial charge is 0.496 e. The van der Waals surface area contributed by atoms with E-state index in [0.717, 1.165) is 20.8 Å². The Morgan fingerprint density at radius 2 is 1.75 bits per heavy atom. The van der Waals surface area contributed by atoms with Crippen molar-refractivity contribution in [2.75, 3.05) is 37.7 Å². The fourth-order valence-corrected chi connectivity index (χ4v) is 5.56. The van der Waals surface area contributed by atoms with Crippen LogP contribution in [0.5, 0.6) is 5.75 Å². The first-order chi connectivity index (χ1) is 19.2. The van der Waals surface area contributed by atoms with Crippen LogP contribution < -0.4 is 25.2 Å². The highest BCUT2D eigenvalue weighted by molar-refractivity contribution is 9.10. The van der Waals surface area contributed by atoms with Crippen LogP contribution in [-0.4, -0.2) is 63.7 Å². The molecule has 9 nitrogen and oxygen atoms in total. The van der Waals surface area contributed by atoms with Crippen LogP contribution in [0.25, 0.3) is 10.8 Å². The predicted octanol–water partition coefficient (Wildman–Crippen LogP) is 4.01. The molecule has 1 aliphatic heterocycles. The van der Waals surface area contributed by atoms with Gasteiger partial charge in [-0.2, -0.15) is 0 Å². The fraction of sp³-hybridized carbons (Fsp3) is 0.367. The maximum absolute atomic E-state index is 14.4. The summed E-state index contributed by atoms with van der Waals surface area (Å²) in [5, 5.41) is 7.74. The Bertz CT molecular complexity index is 1410. The molecule has 3 amide bonds. The third-order valence-electron chi connectivity index (χ3n) is 7.38. The molecule has 0 aliphatic carbocycles. The molecule has 3 aromatic carbocycles. The number of carbonyl (C=O) groups excluding carboxylic acids is 3. The topological polar surface area (TPSA) is 100 Å². The van der Waals surface area contributed by atoms with E-state index in [2.05, 4.69) is 26.6 Å². The number of benzene rings is 3. The zero-order chi connectivity index (χ0) is 29.0. The second-order valence-corrected chi connectivity index (χ2v) is 10.6. The maximum Gasteiger partial charge on any atom is 0.252 e. The number of fused-ring (bicyclic) bond motifs is 2. The lowest BCUT2D eigenvalue weighted by Gasteiger charge is -2.32. The van der Waals surface area contributed by atoms with Gasteiger partial charge in [-0.3, -0.25) is 14.4 Å². The van der Waals surface area contributed by atoms with Crippen LogP contribution in [0, 0.1) is 0 Å². The lowest BCUT2D eigenvalue weighted by molar-refractivity contribution is -0.129. The van der Waals surface area contributed by atoms with Crippen LogP contribution in [0.4, 0.5) is 11.4 Å². The highest BCUT2D eigenvalue weighted by Crippen LogP contribution is 2.39. The highest BCUT2D eigenvalue weighted by Gasteiger charge is 2.42. The third kappa shape index (κ3) is 5.70. The molecule has 1 heterocycles. The van der Waals surface area contributed by atoms with E-state index >= 15 is 0 Å². The lowest BCUT2D eigenvalue weighted by atomic mass is 10.0. The molecular formula is C30H35BrN4O5. The number of methoxy groups -OCH3 is 2. The van der Waals surface area contributed by atoms with Gasteiger partial charge in [0.25, 0.3) is 5.91 Å². The van der Waals surface area contributed by atoms with Crippen molar-refractivity contribution >= 4 is 55.8 Å². The van der Waals surface area contributed by atoms with Gasteiger partial charge in [0.1, 0.15) is 11.8 Å². The van der Waals surface area contributed by atoms with Crippen LogP contribution in [0.2, 0.25) is 0 Å². The number of nitrogens with zero attached hydrogens (tertiary/aromatic N) is 2. The van der Waals surface area contributed by atoms with Crippen LogP contribution in [-0.2, 0) is 25.7 Å². The van der Waals surface area contributed by atoms with E-state index in [1.807, 2.05) is 54.6 Å². The molecule has 10 heteroatoms. The van der Waals surface area contributed by atoms with E-state index in [1.165, 1.54) is 7.11 Å². The Morgan fingerprint density at radius 1 is 1.02 bits per heavy atom. The van der Waals surface area contributed by atoms with Crippen LogP contribution in [0.3, 0.4) is 0 Å². The maximum atomic E-state index is 14.4. The van der Waals surface area contributed by atoms with Gasteiger partial charge in [-0.25, -0.2) is 0 Å². The number of hydrogen-bond donors (Lipinski definition) is 2. The van der Waals surface area contributed by atoms with E-state index in [1.54, 1.807) is 37.8 Å². The lowest BCUT2D eigenvalue weighted by Crippen LogP contribution is -2.59. The number of carbonyl (C=O) groups is 3. The van der Waals surface area contributed by atoms with Gasteiger partial charge in [-0.1, -0.05) is 40.2 Å². The van der Waals surface area contributed by atoms with Gasteiger partial charge in [0, 0.05) is 17.1 Å². The van der Waals surface area contributed by atoms with E-state index in [4.69, 9.17) is 9.47 Å². The molecule has 1 unspecified atom stereocenters. The predicted molar refractivity (Wildman–Crippen MR) is 160 cm³/mol. The van der Waals surface area contributed by atoms with Crippen molar-refractivity contribution in [3.63, 3.8) is 0 Å². The summed E-state index contributed by atoms with van der Waals surface area (Å²) < 4.78 is 11.8. The van der Waals surface area contributed by atoms with E-state index < -0.39 is 18.1 Å². The molecule has 212 valence electrons. The minimum Gasteiger partial charge on any atom is -0.496 e. The summed E-state index contributed by atoms with van der Waals surface area (Å²) in [7, 11) is 4.81. The van der Waals surface area contributed by atoms with Gasteiger partial charge in [-0.05, 0) is 62.0 Å². The molecule has 3 atom stereocenters. The second kappa shape index (κ2) is 12.8. The SMILES string of the molecule is CNC(C)C(=O)N[C@@H]1C(=O)N(Cc2c(OC)ccc3c(Br)cccc23)c2ccccc2N(C(=O)CCOC)[C@H]1C. The van der Waals surface area contributed by atoms with E-state index in [0.29, 0.717) is 17.1 Å². The quantitative estimate of drug-likeness (QED) is 0.380. The van der Waals surface area contributed by atoms with Crippen molar-refractivity contribution in [1.29, 1.82) is 0 Å². The molecule has 4 rings (SSSR count). The number of halogens is 1. The summed E-state index contributed by atoms with van der Waals surface area (Å²) >= 11 is 3.63. The van der Waals surface area contributed by atoms with E-state index in [-0.39, 0.29) is 37.3 Å². The van der Waals surface area contributed by atoms with Crippen molar-refractivity contribution in [2.24, 2.45) is 0 Å². The average molecular weight is 612 g/mol. The number of nitrogens with one attached hydrogen (secondary N) is 2. The molecule has 3 aromatic rings. The Morgan fingerprint density at radius 3 is 2.42 bits per heavy atom. The first-order valence-electron chi connectivity index (χ1n) is 13.2. The molecule has 1 aliphatic rings. The minimum atomic E-state index is -1.00. The van der Waals surface area contributed by atoms with Crippen LogP contribution >= 0.6 is 15.9 Å². The smallest absolute Gasteiger partial charge is 0.252 e. The Hall–Kier alpha value is -3.47. The molecule has 0 aromatic heterocycles. The Kier molecular flexibility index (Phi) is 9.44. The van der Waals surface area contributed by atoms with Crippen molar-refractivity contribution < 1.29 is 23.9 Å². The molecule has 40 heavy (non-hydrogen) atoms. The fourth-order valence-electron chi connectivity index (χ4n) is 5.06. The summed E-state index contributed by atoms with van der Waals surface area (Å²) in [4.78, 5) is 44.3. The van der Waals surface area contributed by atoms with Gasteiger partial charge >= 0.3 is 0 Å². The van der Waals surface area contributed by atoms with Gasteiger partial charge < -0.3 is 29.9 Å². The second-order valence-electron chi connectivity index (χ2n) is 9.74. The minimum absolute atomic E-state index is 0.127. The highest BCUT2D eigenvalue weighted by atomic mass is 79.9. The summed E-state index contributed by atoms with van der Waals surface area (Å²) in [6.45, 7) is 3.90. The number of likely N-dealkylation sites (N-methyl/N-ethyl adjacent to an activating group) is 1. The van der Waals surface area contributed by atoms with Gasteiger partial charge in [-0.15, -0.1) is 0 Å². The summed E-state index contributed by atoms with van der Waals surface area (Å²) in [6, 6.07) is 14.9. The van der Waals surface area contributed by atoms with Crippen molar-refractivity contribution in [1.82, 2.24) is 10.6 Å². The first-order valence-corrected chi connectivity index (χ1v) is 14.0. The molecule has 0 saturated carbocycles. The number of para-hydroxylation sites is 2. The van der Waals surface area contributed by atoms with Crippen molar-refractivity contribution in [2.45, 2.75) is 44.9 Å². The summed E-state index contributed by atoms with van der Waals surface area (Å²) in [5.41, 5.74) is 1.96. The molecule has 0 saturated heterocycles. The van der Waals surface area contributed by atoms with E-state index in [9.17, 15) is 14.4 Å². The number of anilines is 2. The standard InChI is InChI=1S/C30H35BrN4O5/c1-18(32-3)29(37)33-28-19(2)35(27(36)15-16-39-4)25-12-7-6-11-24(25)34(30(28)38)17-22-20-9-8-10-23(31)21(20)13-14-26(22)40-5/h6-14,18-19,28,32H,15-17H2,1-5H3,(H,33,37)/t18?,19-,28-/m0/s1. The average Bonchev–Trinajstić information content (AvgIpc) is 3.04. The zero-order valence-electron chi connectivity index (χ0n) is 23.4. The number of hydrogen-bond acceptors (Lipinski definition) is 6. The van der Waals surface area contributed by atoms with Crippen molar-refractivity contribution in [3.8, 4) is 5.75 Å². The number of amides is 3. The first kappa shape index (κ1) is 29.5. The molecule has 0 bridgehead atoms. The Labute approximate surface area is 242 Å². The molecular weight excluding hydrogens is 576 g/mol. The third-order valence-corrected chi connectivity index (χ3v) is 8.07. The number of rotatable bonds is 9. The monoisotopic (exact) mass is 610 g/mol. The number of ether oxygens (including phenoxy) is 2.